The van der Waals surface area contributed by atoms with E-state index in [4.69, 9.17) is 9.47 Å². The minimum absolute atomic E-state index is 0.0147. The molecule has 0 atom stereocenters. The summed E-state index contributed by atoms with van der Waals surface area (Å²) in [5.74, 6) is 0.210. The molecule has 3 aromatic rings. The molecule has 0 unspecified atom stereocenters. The molecule has 5 nitrogen and oxygen atoms in total. The van der Waals surface area contributed by atoms with Crippen molar-refractivity contribution in [3.8, 4) is 5.75 Å². The summed E-state index contributed by atoms with van der Waals surface area (Å²) in [6, 6.07) is 13.6. The van der Waals surface area contributed by atoms with Crippen molar-refractivity contribution >= 4 is 38.6 Å². The Balaban J connectivity index is 1.95. The number of aromatic nitrogens is 1. The van der Waals surface area contributed by atoms with Gasteiger partial charge >= 0.3 is 5.97 Å². The molecule has 152 valence electrons. The molecule has 6 heteroatoms. The Labute approximate surface area is 178 Å². The number of halogens is 1. The van der Waals surface area contributed by atoms with Gasteiger partial charge in [0.15, 0.2) is 5.78 Å². The van der Waals surface area contributed by atoms with E-state index < -0.39 is 5.60 Å². The van der Waals surface area contributed by atoms with Gasteiger partial charge in [-0.25, -0.2) is 0 Å². The summed E-state index contributed by atoms with van der Waals surface area (Å²) in [6.07, 6.45) is 1.70. The average Bonchev–Trinajstić information content (AvgIpc) is 2.96. The van der Waals surface area contributed by atoms with Gasteiger partial charge in [0.25, 0.3) is 0 Å². The van der Waals surface area contributed by atoms with Gasteiger partial charge in [0.2, 0.25) is 0 Å². The van der Waals surface area contributed by atoms with Crippen molar-refractivity contribution in [2.24, 2.45) is 0 Å². The van der Waals surface area contributed by atoms with E-state index in [1.54, 1.807) is 10.8 Å². The molecule has 1 aromatic heterocycles. The molecule has 0 bridgehead atoms. The van der Waals surface area contributed by atoms with Gasteiger partial charge in [-0.3, -0.25) is 9.59 Å². The number of carbonyl (C=O) groups excluding carboxylic acids is 2. The van der Waals surface area contributed by atoms with Crippen molar-refractivity contribution in [3.63, 3.8) is 0 Å². The van der Waals surface area contributed by atoms with Gasteiger partial charge in [-0.2, -0.15) is 0 Å². The van der Waals surface area contributed by atoms with Gasteiger partial charge in [0, 0.05) is 23.2 Å². The van der Waals surface area contributed by atoms with Crippen LogP contribution in [-0.2, 0) is 22.7 Å². The van der Waals surface area contributed by atoms with Gasteiger partial charge in [0.05, 0.1) is 9.99 Å². The van der Waals surface area contributed by atoms with E-state index in [2.05, 4.69) is 15.9 Å². The van der Waals surface area contributed by atoms with Crippen LogP contribution in [0.1, 0.15) is 43.6 Å². The number of ketones is 1. The van der Waals surface area contributed by atoms with Gasteiger partial charge in [-0.15, -0.1) is 0 Å². The average molecular weight is 458 g/mol. The summed E-state index contributed by atoms with van der Waals surface area (Å²) in [4.78, 5) is 24.5. The van der Waals surface area contributed by atoms with Crippen LogP contribution in [0.25, 0.3) is 10.9 Å². The number of hydrogen-bond donors (Lipinski definition) is 0. The predicted molar refractivity (Wildman–Crippen MR) is 116 cm³/mol. The Morgan fingerprint density at radius 2 is 1.79 bits per heavy atom. The van der Waals surface area contributed by atoms with Crippen molar-refractivity contribution < 1.29 is 19.1 Å². The van der Waals surface area contributed by atoms with Crippen LogP contribution in [0.2, 0.25) is 0 Å². The highest BCUT2D eigenvalue weighted by atomic mass is 79.9. The number of hydrogen-bond acceptors (Lipinski definition) is 4. The fourth-order valence-corrected chi connectivity index (χ4v) is 3.52. The number of benzene rings is 2. The third-order valence-electron chi connectivity index (χ3n) is 4.27. The quantitative estimate of drug-likeness (QED) is 0.360. The second-order valence-corrected chi connectivity index (χ2v) is 8.74. The molecule has 0 N–H and O–H groups in total. The number of esters is 1. The molecule has 3 rings (SSSR count). The van der Waals surface area contributed by atoms with E-state index in [1.165, 1.54) is 6.92 Å². The molecule has 1 heterocycles. The summed E-state index contributed by atoms with van der Waals surface area (Å²) in [7, 11) is 0. The van der Waals surface area contributed by atoms with Crippen molar-refractivity contribution in [1.82, 2.24) is 4.57 Å². The topological polar surface area (TPSA) is 57.5 Å². The molecule has 0 amide bonds. The molecular weight excluding hydrogens is 434 g/mol. The van der Waals surface area contributed by atoms with E-state index in [0.29, 0.717) is 17.9 Å². The highest BCUT2D eigenvalue weighted by Gasteiger charge is 2.20. The zero-order valence-electron chi connectivity index (χ0n) is 17.0. The fraction of sp³-hybridized carbons (Fsp3) is 0.304. The number of nitrogens with zero attached hydrogens (tertiary/aromatic N) is 1. The summed E-state index contributed by atoms with van der Waals surface area (Å²) < 4.78 is 13.9. The van der Waals surface area contributed by atoms with Gasteiger partial charge in [-0.05, 0) is 55.3 Å². The van der Waals surface area contributed by atoms with E-state index in [1.807, 2.05) is 63.2 Å². The minimum Gasteiger partial charge on any atom is -0.488 e. The second-order valence-electron chi connectivity index (χ2n) is 7.89. The maximum Gasteiger partial charge on any atom is 0.326 e. The van der Waals surface area contributed by atoms with Crippen LogP contribution in [0.15, 0.2) is 53.1 Å². The molecule has 0 aliphatic carbocycles. The van der Waals surface area contributed by atoms with E-state index in [9.17, 15) is 9.59 Å². The van der Waals surface area contributed by atoms with Gasteiger partial charge in [-0.1, -0.05) is 30.3 Å². The molecule has 0 radical (unpaired) electrons. The molecule has 29 heavy (non-hydrogen) atoms. The zero-order chi connectivity index (χ0) is 21.2. The number of rotatable bonds is 6. The normalized spacial score (nSPS) is 11.5. The smallest absolute Gasteiger partial charge is 0.326 e. The first-order valence-corrected chi connectivity index (χ1v) is 10.2. The second kappa shape index (κ2) is 8.41. The lowest BCUT2D eigenvalue weighted by Gasteiger charge is -2.19. The molecule has 0 saturated heterocycles. The number of ether oxygens (including phenoxy) is 2. The Bertz CT molecular complexity index is 1050. The minimum atomic E-state index is -0.573. The lowest BCUT2D eigenvalue weighted by Crippen LogP contribution is -2.26. The fourth-order valence-electron chi connectivity index (χ4n) is 3.06. The van der Waals surface area contributed by atoms with Crippen LogP contribution < -0.4 is 4.74 Å². The third kappa shape index (κ3) is 5.26. The van der Waals surface area contributed by atoms with Crippen molar-refractivity contribution in [3.05, 3.63) is 64.3 Å². The molecule has 0 aliphatic rings. The highest BCUT2D eigenvalue weighted by molar-refractivity contribution is 9.10. The van der Waals surface area contributed by atoms with Crippen LogP contribution >= 0.6 is 15.9 Å². The maximum absolute atomic E-state index is 12.3. The number of Topliss-reactive ketones (excluding diaryl/α,β-unsaturated/α-hetero) is 1. The van der Waals surface area contributed by atoms with E-state index >= 15 is 0 Å². The van der Waals surface area contributed by atoms with Crippen LogP contribution in [0.5, 0.6) is 5.75 Å². The number of fused-ring (bicyclic) bond motifs is 1. The summed E-state index contributed by atoms with van der Waals surface area (Å²) in [5.41, 5.74) is 1.77. The number of carbonyl (C=O) groups is 2. The Kier molecular flexibility index (Phi) is 6.13. The highest BCUT2D eigenvalue weighted by Crippen LogP contribution is 2.34. The van der Waals surface area contributed by atoms with Crippen molar-refractivity contribution in [2.75, 3.05) is 0 Å². The van der Waals surface area contributed by atoms with E-state index in [-0.39, 0.29) is 18.3 Å². The van der Waals surface area contributed by atoms with Crippen LogP contribution in [0, 0.1) is 0 Å². The Morgan fingerprint density at radius 1 is 1.10 bits per heavy atom. The summed E-state index contributed by atoms with van der Waals surface area (Å²) >= 11 is 3.54. The molecular formula is C23H24BrNO4. The van der Waals surface area contributed by atoms with Crippen molar-refractivity contribution in [2.45, 2.75) is 46.4 Å². The van der Waals surface area contributed by atoms with Gasteiger partial charge < -0.3 is 14.0 Å². The first-order valence-electron chi connectivity index (χ1n) is 9.36. The molecule has 2 aromatic carbocycles. The van der Waals surface area contributed by atoms with Crippen LogP contribution in [-0.4, -0.2) is 21.9 Å². The summed E-state index contributed by atoms with van der Waals surface area (Å²) in [5, 5.41) is 0.764. The zero-order valence-corrected chi connectivity index (χ0v) is 18.6. The Hall–Kier alpha value is -2.60. The van der Waals surface area contributed by atoms with E-state index in [0.717, 1.165) is 20.9 Å². The standard InChI is InChI=1S/C23H24BrNO4/c1-15(26)18-12-25(13-22(27)29-23(2,3)4)20-11-21(19(24)10-17(18)20)28-14-16-8-6-5-7-9-16/h5-12H,13-14H2,1-4H3. The lowest BCUT2D eigenvalue weighted by molar-refractivity contribution is -0.155. The van der Waals surface area contributed by atoms with Gasteiger partial charge in [0.1, 0.15) is 24.5 Å². The van der Waals surface area contributed by atoms with Crippen LogP contribution in [0.4, 0.5) is 0 Å². The summed E-state index contributed by atoms with van der Waals surface area (Å²) in [6.45, 7) is 7.42. The van der Waals surface area contributed by atoms with Crippen LogP contribution in [0.3, 0.4) is 0 Å². The lowest BCUT2D eigenvalue weighted by atomic mass is 10.1. The third-order valence-corrected chi connectivity index (χ3v) is 4.89. The predicted octanol–water partition coefficient (Wildman–Crippen LogP) is 5.53. The molecule has 0 saturated carbocycles. The first-order chi connectivity index (χ1) is 13.6. The maximum atomic E-state index is 12.3. The molecule has 0 aliphatic heterocycles. The molecule has 0 spiro atoms. The van der Waals surface area contributed by atoms with Crippen molar-refractivity contribution in [1.29, 1.82) is 0 Å². The first kappa shape index (κ1) is 21.1. The Morgan fingerprint density at radius 3 is 2.41 bits per heavy atom. The molecule has 0 fully saturated rings. The largest absolute Gasteiger partial charge is 0.488 e. The SMILES string of the molecule is CC(=O)c1cn(CC(=O)OC(C)(C)C)c2cc(OCc3ccccc3)c(Br)cc12. The monoisotopic (exact) mass is 457 g/mol.